The number of carbonyl (C=O) groups is 1. The van der Waals surface area contributed by atoms with E-state index in [1.165, 1.54) is 32.4 Å². The fourth-order valence-corrected chi connectivity index (χ4v) is 3.44. The molecule has 0 radical (unpaired) electrons. The average molecular weight is 381 g/mol. The van der Waals surface area contributed by atoms with Crippen molar-refractivity contribution in [3.63, 3.8) is 0 Å². The van der Waals surface area contributed by atoms with Crippen molar-refractivity contribution in [2.45, 2.75) is 31.2 Å². The van der Waals surface area contributed by atoms with Crippen molar-refractivity contribution in [3.05, 3.63) is 23.8 Å². The second kappa shape index (κ2) is 9.83. The summed E-state index contributed by atoms with van der Waals surface area (Å²) in [6.45, 7) is 4.19. The van der Waals surface area contributed by atoms with Crippen LogP contribution in [0.3, 0.4) is 0 Å². The minimum Gasteiger partial charge on any atom is -0.496 e. The third-order valence-electron chi connectivity index (χ3n) is 3.25. The summed E-state index contributed by atoms with van der Waals surface area (Å²) in [5.74, 6) is -0.159. The molecule has 0 saturated heterocycles. The highest BCUT2D eigenvalue weighted by Gasteiger charge is 2.22. The molecule has 0 heterocycles. The summed E-state index contributed by atoms with van der Waals surface area (Å²) in [4.78, 5) is 11.6. The van der Waals surface area contributed by atoms with Gasteiger partial charge in [0.25, 0.3) is 0 Å². The van der Waals surface area contributed by atoms with Gasteiger partial charge in [-0.25, -0.2) is 17.9 Å². The molecule has 0 aliphatic carbocycles. The van der Waals surface area contributed by atoms with Crippen molar-refractivity contribution in [2.75, 3.05) is 20.8 Å². The minimum atomic E-state index is -3.76. The molecular formula is C15H25ClN2O5S. The van der Waals surface area contributed by atoms with Gasteiger partial charge in [-0.15, -0.1) is 12.4 Å². The lowest BCUT2D eigenvalue weighted by atomic mass is 10.1. The van der Waals surface area contributed by atoms with Crippen LogP contribution in [0, 0.1) is 5.92 Å². The number of benzene rings is 1. The Bertz CT molecular complexity index is 649. The molecule has 0 bridgehead atoms. The van der Waals surface area contributed by atoms with Crippen LogP contribution in [0.1, 0.15) is 30.6 Å². The van der Waals surface area contributed by atoms with Crippen LogP contribution in [0.15, 0.2) is 23.1 Å². The van der Waals surface area contributed by atoms with Crippen LogP contribution in [0.5, 0.6) is 5.75 Å². The zero-order valence-corrected chi connectivity index (χ0v) is 15.9. The Labute approximate surface area is 149 Å². The van der Waals surface area contributed by atoms with E-state index in [-0.39, 0.29) is 41.2 Å². The van der Waals surface area contributed by atoms with Gasteiger partial charge in [-0.05, 0) is 24.5 Å². The number of hydrogen-bond donors (Lipinski definition) is 2. The first-order chi connectivity index (χ1) is 10.7. The van der Waals surface area contributed by atoms with E-state index in [0.29, 0.717) is 12.3 Å². The van der Waals surface area contributed by atoms with E-state index in [1.807, 2.05) is 13.8 Å². The predicted molar refractivity (Wildman–Crippen MR) is 94.2 cm³/mol. The van der Waals surface area contributed by atoms with Gasteiger partial charge in [-0.1, -0.05) is 13.8 Å². The Morgan fingerprint density at radius 2 is 1.92 bits per heavy atom. The molecule has 0 saturated carbocycles. The van der Waals surface area contributed by atoms with Crippen LogP contribution in [0.25, 0.3) is 0 Å². The van der Waals surface area contributed by atoms with Crippen molar-refractivity contribution in [1.29, 1.82) is 0 Å². The van der Waals surface area contributed by atoms with Crippen molar-refractivity contribution in [3.8, 4) is 5.75 Å². The number of ether oxygens (including phenoxy) is 2. The monoisotopic (exact) mass is 380 g/mol. The quantitative estimate of drug-likeness (QED) is 0.662. The van der Waals surface area contributed by atoms with Gasteiger partial charge in [-0.3, -0.25) is 0 Å². The summed E-state index contributed by atoms with van der Waals surface area (Å²) in [5.41, 5.74) is 5.79. The zero-order valence-electron chi connectivity index (χ0n) is 14.2. The van der Waals surface area contributed by atoms with Gasteiger partial charge in [0, 0.05) is 18.7 Å². The third kappa shape index (κ3) is 5.94. The van der Waals surface area contributed by atoms with Crippen LogP contribution < -0.4 is 15.2 Å². The Kier molecular flexibility index (Phi) is 9.27. The molecule has 1 aromatic rings. The molecule has 0 fully saturated rings. The molecule has 0 amide bonds. The molecule has 1 rings (SSSR count). The maximum absolute atomic E-state index is 12.5. The van der Waals surface area contributed by atoms with Crippen molar-refractivity contribution >= 4 is 28.4 Å². The minimum absolute atomic E-state index is 0. The highest BCUT2D eigenvalue weighted by atomic mass is 35.5. The molecule has 3 N–H and O–H groups in total. The Morgan fingerprint density at radius 1 is 1.29 bits per heavy atom. The summed E-state index contributed by atoms with van der Waals surface area (Å²) in [5, 5.41) is 0. The molecule has 9 heteroatoms. The van der Waals surface area contributed by atoms with Crippen LogP contribution >= 0.6 is 12.4 Å². The molecule has 0 spiro atoms. The normalized spacial score (nSPS) is 12.4. The van der Waals surface area contributed by atoms with E-state index in [0.717, 1.165) is 0 Å². The largest absolute Gasteiger partial charge is 0.496 e. The first-order valence-electron chi connectivity index (χ1n) is 7.23. The number of halogens is 1. The first-order valence-corrected chi connectivity index (χ1v) is 8.72. The van der Waals surface area contributed by atoms with Gasteiger partial charge in [0.05, 0.1) is 19.1 Å². The number of carbonyl (C=O) groups excluding carboxylic acids is 1. The number of esters is 1. The van der Waals surface area contributed by atoms with E-state index < -0.39 is 16.0 Å². The van der Waals surface area contributed by atoms with Crippen LogP contribution in [0.4, 0.5) is 0 Å². The van der Waals surface area contributed by atoms with E-state index >= 15 is 0 Å². The molecule has 0 aliphatic heterocycles. The molecule has 0 aromatic heterocycles. The number of sulfonamides is 1. The third-order valence-corrected chi connectivity index (χ3v) is 4.77. The van der Waals surface area contributed by atoms with Crippen LogP contribution in [-0.4, -0.2) is 41.2 Å². The average Bonchev–Trinajstić information content (AvgIpc) is 2.51. The van der Waals surface area contributed by atoms with Gasteiger partial charge >= 0.3 is 5.97 Å². The fraction of sp³-hybridized carbons (Fsp3) is 0.533. The summed E-state index contributed by atoms with van der Waals surface area (Å²) in [6, 6.07) is 3.63. The number of nitrogens with two attached hydrogens (primary N) is 1. The zero-order chi connectivity index (χ0) is 17.6. The van der Waals surface area contributed by atoms with Crippen molar-refractivity contribution < 1.29 is 22.7 Å². The van der Waals surface area contributed by atoms with Gasteiger partial charge in [0.2, 0.25) is 10.0 Å². The van der Waals surface area contributed by atoms with Gasteiger partial charge in [0.1, 0.15) is 11.3 Å². The number of rotatable bonds is 8. The van der Waals surface area contributed by atoms with Gasteiger partial charge in [0.15, 0.2) is 0 Å². The summed E-state index contributed by atoms with van der Waals surface area (Å²) < 4.78 is 37.2. The van der Waals surface area contributed by atoms with Crippen LogP contribution in [-0.2, 0) is 14.8 Å². The van der Waals surface area contributed by atoms with E-state index in [4.69, 9.17) is 10.5 Å². The fourth-order valence-electron chi connectivity index (χ4n) is 2.17. The van der Waals surface area contributed by atoms with E-state index in [1.54, 1.807) is 0 Å². The van der Waals surface area contributed by atoms with Gasteiger partial charge < -0.3 is 15.2 Å². The lowest BCUT2D eigenvalue weighted by Gasteiger charge is -2.19. The highest BCUT2D eigenvalue weighted by Crippen LogP contribution is 2.24. The number of nitrogens with one attached hydrogen (secondary N) is 1. The molecule has 0 aliphatic rings. The summed E-state index contributed by atoms with van der Waals surface area (Å²) in [6.07, 6.45) is 0.632. The molecule has 24 heavy (non-hydrogen) atoms. The maximum atomic E-state index is 12.5. The molecule has 1 aromatic carbocycles. The van der Waals surface area contributed by atoms with Crippen molar-refractivity contribution in [1.82, 2.24) is 4.72 Å². The second-order valence-electron chi connectivity index (χ2n) is 5.54. The number of methoxy groups -OCH3 is 2. The van der Waals surface area contributed by atoms with E-state index in [9.17, 15) is 13.2 Å². The predicted octanol–water partition coefficient (Wildman–Crippen LogP) is 1.56. The molecule has 1 unspecified atom stereocenters. The second-order valence-corrected chi connectivity index (χ2v) is 7.25. The first kappa shape index (κ1) is 22.6. The van der Waals surface area contributed by atoms with Crippen LogP contribution in [0.2, 0.25) is 0 Å². The lowest BCUT2D eigenvalue weighted by Crippen LogP contribution is -2.41. The van der Waals surface area contributed by atoms with Gasteiger partial charge in [-0.2, -0.15) is 0 Å². The standard InChI is InChI=1S/C15H24N2O5S.ClH/c1-10(2)7-11(9-16)17-23(19,20)12-5-6-13(15(18)22-4)14(8-12)21-3;/h5-6,8,10-11,17H,7,9,16H2,1-4H3;1H. The summed E-state index contributed by atoms with van der Waals surface area (Å²) >= 11 is 0. The Morgan fingerprint density at radius 3 is 2.38 bits per heavy atom. The molecular weight excluding hydrogens is 356 g/mol. The highest BCUT2D eigenvalue weighted by molar-refractivity contribution is 7.89. The Hall–Kier alpha value is -1.35. The molecule has 138 valence electrons. The van der Waals surface area contributed by atoms with E-state index in [2.05, 4.69) is 9.46 Å². The lowest BCUT2D eigenvalue weighted by molar-refractivity contribution is 0.0597. The smallest absolute Gasteiger partial charge is 0.341 e. The Balaban J connectivity index is 0.00000529. The number of hydrogen-bond acceptors (Lipinski definition) is 6. The topological polar surface area (TPSA) is 108 Å². The van der Waals surface area contributed by atoms with Crippen molar-refractivity contribution in [2.24, 2.45) is 11.7 Å². The summed E-state index contributed by atoms with van der Waals surface area (Å²) in [7, 11) is -1.17. The maximum Gasteiger partial charge on any atom is 0.341 e. The molecule has 1 atom stereocenters. The molecule has 7 nitrogen and oxygen atoms in total. The SMILES string of the molecule is COC(=O)c1ccc(S(=O)(=O)NC(CN)CC(C)C)cc1OC.Cl.